The predicted molar refractivity (Wildman–Crippen MR) is 33.1 cm³/mol. The Bertz CT molecular complexity index is 146. The zero-order valence-corrected chi connectivity index (χ0v) is 5.02. The Morgan fingerprint density at radius 3 is 2.50 bits per heavy atom. The highest BCUT2D eigenvalue weighted by atomic mass is 15.5. The summed E-state index contributed by atoms with van der Waals surface area (Å²) in [6.45, 7) is 3.84. The standard InChI is InChI=1S/C5H9N3/c1-3-5-6-4(2)7-8-5/h3,8H,1-2H3,(H,6,7)/b5-3-. The molecule has 0 saturated heterocycles. The van der Waals surface area contributed by atoms with E-state index >= 15 is 0 Å². The number of allylic oxidation sites excluding steroid dienone is 1. The molecule has 0 amide bonds. The fourth-order valence-corrected chi connectivity index (χ4v) is 0.528. The highest BCUT2D eigenvalue weighted by molar-refractivity contribution is 5.81. The van der Waals surface area contributed by atoms with Crippen molar-refractivity contribution in [3.8, 4) is 0 Å². The minimum absolute atomic E-state index is 0.891. The fourth-order valence-electron chi connectivity index (χ4n) is 0.528. The van der Waals surface area contributed by atoms with Crippen LogP contribution in [0.4, 0.5) is 0 Å². The van der Waals surface area contributed by atoms with Crippen molar-refractivity contribution in [2.24, 2.45) is 4.99 Å². The first-order valence-electron chi connectivity index (χ1n) is 2.56. The minimum atomic E-state index is 0.891. The number of nitrogens with zero attached hydrogens (tertiary/aromatic N) is 1. The van der Waals surface area contributed by atoms with Crippen LogP contribution in [0.1, 0.15) is 13.8 Å². The molecule has 1 heterocycles. The normalized spacial score (nSPS) is 22.2. The lowest BCUT2D eigenvalue weighted by atomic mass is 10.6. The number of rotatable bonds is 0. The third-order valence-corrected chi connectivity index (χ3v) is 0.933. The van der Waals surface area contributed by atoms with Crippen molar-refractivity contribution in [1.29, 1.82) is 0 Å². The van der Waals surface area contributed by atoms with E-state index < -0.39 is 0 Å². The monoisotopic (exact) mass is 111 g/mol. The van der Waals surface area contributed by atoms with E-state index in [1.165, 1.54) is 0 Å². The average Bonchev–Trinajstić information content (AvgIpc) is 2.14. The Morgan fingerprint density at radius 2 is 2.25 bits per heavy atom. The number of amidine groups is 1. The van der Waals surface area contributed by atoms with Gasteiger partial charge in [-0.15, -0.1) is 0 Å². The molecule has 0 spiro atoms. The van der Waals surface area contributed by atoms with E-state index in [-0.39, 0.29) is 0 Å². The van der Waals surface area contributed by atoms with E-state index in [9.17, 15) is 0 Å². The summed E-state index contributed by atoms with van der Waals surface area (Å²) < 4.78 is 0. The van der Waals surface area contributed by atoms with Crippen molar-refractivity contribution >= 4 is 5.84 Å². The molecule has 0 aromatic heterocycles. The summed E-state index contributed by atoms with van der Waals surface area (Å²) in [5, 5.41) is 0. The van der Waals surface area contributed by atoms with Crippen molar-refractivity contribution < 1.29 is 0 Å². The smallest absolute Gasteiger partial charge is 0.142 e. The topological polar surface area (TPSA) is 36.4 Å². The lowest BCUT2D eigenvalue weighted by Gasteiger charge is -1.92. The van der Waals surface area contributed by atoms with Crippen LogP contribution in [0.5, 0.6) is 0 Å². The van der Waals surface area contributed by atoms with Gasteiger partial charge in [-0.2, -0.15) is 0 Å². The third-order valence-electron chi connectivity index (χ3n) is 0.933. The van der Waals surface area contributed by atoms with Gasteiger partial charge in [-0.3, -0.25) is 10.9 Å². The number of hydrazine groups is 1. The SMILES string of the molecule is C/C=C1/N=C(C)NN1. The molecule has 3 heteroatoms. The zero-order valence-electron chi connectivity index (χ0n) is 5.02. The summed E-state index contributed by atoms with van der Waals surface area (Å²) >= 11 is 0. The quantitative estimate of drug-likeness (QED) is 0.474. The van der Waals surface area contributed by atoms with Crippen molar-refractivity contribution in [2.45, 2.75) is 13.8 Å². The molecule has 0 unspecified atom stereocenters. The lowest BCUT2D eigenvalue weighted by molar-refractivity contribution is 0.805. The van der Waals surface area contributed by atoms with Gasteiger partial charge >= 0.3 is 0 Å². The molecule has 0 aromatic carbocycles. The molecule has 1 aliphatic heterocycles. The molecule has 0 atom stereocenters. The van der Waals surface area contributed by atoms with Crippen LogP contribution in [0.2, 0.25) is 0 Å². The van der Waals surface area contributed by atoms with Gasteiger partial charge in [0.25, 0.3) is 0 Å². The van der Waals surface area contributed by atoms with E-state index in [2.05, 4.69) is 15.8 Å². The van der Waals surface area contributed by atoms with Crippen LogP contribution < -0.4 is 10.9 Å². The van der Waals surface area contributed by atoms with Gasteiger partial charge in [0.05, 0.1) is 0 Å². The van der Waals surface area contributed by atoms with Crippen LogP contribution in [-0.2, 0) is 0 Å². The summed E-state index contributed by atoms with van der Waals surface area (Å²) in [4.78, 5) is 4.06. The highest BCUT2D eigenvalue weighted by Gasteiger charge is 1.99. The van der Waals surface area contributed by atoms with Crippen LogP contribution in [0.3, 0.4) is 0 Å². The van der Waals surface area contributed by atoms with E-state index in [1.807, 2.05) is 19.9 Å². The van der Waals surface area contributed by atoms with Crippen LogP contribution in [-0.4, -0.2) is 5.84 Å². The average molecular weight is 111 g/mol. The van der Waals surface area contributed by atoms with Crippen molar-refractivity contribution in [3.05, 3.63) is 11.9 Å². The molecular formula is C5H9N3. The predicted octanol–water partition coefficient (Wildman–Crippen LogP) is 0.374. The molecule has 3 nitrogen and oxygen atoms in total. The Kier molecular flexibility index (Phi) is 1.20. The fraction of sp³-hybridized carbons (Fsp3) is 0.400. The summed E-state index contributed by atoms with van der Waals surface area (Å²) in [6, 6.07) is 0. The Morgan fingerprint density at radius 1 is 1.50 bits per heavy atom. The molecule has 2 N–H and O–H groups in total. The summed E-state index contributed by atoms with van der Waals surface area (Å²) in [5.74, 6) is 1.81. The molecule has 1 aliphatic rings. The number of hydrogen-bond acceptors (Lipinski definition) is 3. The van der Waals surface area contributed by atoms with Crippen LogP contribution >= 0.6 is 0 Å². The Hall–Kier alpha value is -0.990. The molecule has 44 valence electrons. The minimum Gasteiger partial charge on any atom is -0.287 e. The van der Waals surface area contributed by atoms with Crippen molar-refractivity contribution in [3.63, 3.8) is 0 Å². The second-order valence-corrected chi connectivity index (χ2v) is 1.62. The maximum absolute atomic E-state index is 4.06. The van der Waals surface area contributed by atoms with Crippen LogP contribution in [0.15, 0.2) is 16.9 Å². The lowest BCUT2D eigenvalue weighted by Crippen LogP contribution is -2.26. The second kappa shape index (κ2) is 1.86. The first kappa shape index (κ1) is 5.15. The van der Waals surface area contributed by atoms with Gasteiger partial charge in [0.15, 0.2) is 0 Å². The van der Waals surface area contributed by atoms with Crippen molar-refractivity contribution in [2.75, 3.05) is 0 Å². The van der Waals surface area contributed by atoms with E-state index in [0.29, 0.717) is 0 Å². The zero-order chi connectivity index (χ0) is 5.98. The third kappa shape index (κ3) is 0.804. The number of nitrogens with one attached hydrogen (secondary N) is 2. The Labute approximate surface area is 48.5 Å². The highest BCUT2D eigenvalue weighted by Crippen LogP contribution is 1.94. The molecule has 0 fully saturated rings. The molecule has 1 rings (SSSR count). The van der Waals surface area contributed by atoms with Gasteiger partial charge in [0.2, 0.25) is 0 Å². The van der Waals surface area contributed by atoms with Gasteiger partial charge in [-0.05, 0) is 19.9 Å². The summed E-state index contributed by atoms with van der Waals surface area (Å²) in [5.41, 5.74) is 5.72. The molecule has 0 bridgehead atoms. The largest absolute Gasteiger partial charge is 0.287 e. The first-order valence-corrected chi connectivity index (χ1v) is 2.56. The maximum atomic E-state index is 4.06. The van der Waals surface area contributed by atoms with Crippen LogP contribution in [0.25, 0.3) is 0 Å². The van der Waals surface area contributed by atoms with E-state index in [0.717, 1.165) is 11.7 Å². The van der Waals surface area contributed by atoms with Gasteiger partial charge < -0.3 is 0 Å². The van der Waals surface area contributed by atoms with E-state index in [1.54, 1.807) is 0 Å². The van der Waals surface area contributed by atoms with Gasteiger partial charge in [0.1, 0.15) is 11.7 Å². The summed E-state index contributed by atoms with van der Waals surface area (Å²) in [7, 11) is 0. The Balaban J connectivity index is 2.67. The van der Waals surface area contributed by atoms with Crippen LogP contribution in [0, 0.1) is 0 Å². The maximum Gasteiger partial charge on any atom is 0.142 e. The van der Waals surface area contributed by atoms with Gasteiger partial charge in [-0.1, -0.05) is 0 Å². The number of aliphatic imine (C=N–C) groups is 1. The molecule has 0 saturated carbocycles. The van der Waals surface area contributed by atoms with Gasteiger partial charge in [-0.25, -0.2) is 4.99 Å². The molecular weight excluding hydrogens is 102 g/mol. The molecule has 8 heavy (non-hydrogen) atoms. The first-order chi connectivity index (χ1) is 3.83. The number of hydrogen-bond donors (Lipinski definition) is 2. The molecule has 0 radical (unpaired) electrons. The van der Waals surface area contributed by atoms with Gasteiger partial charge in [0, 0.05) is 0 Å². The van der Waals surface area contributed by atoms with E-state index in [4.69, 9.17) is 0 Å². The second-order valence-electron chi connectivity index (χ2n) is 1.62. The molecule has 0 aliphatic carbocycles. The molecule has 0 aromatic rings. The summed E-state index contributed by atoms with van der Waals surface area (Å²) in [6.07, 6.45) is 1.91. The van der Waals surface area contributed by atoms with Crippen molar-refractivity contribution in [1.82, 2.24) is 10.9 Å².